The molecule has 0 radical (unpaired) electrons. The Morgan fingerprint density at radius 1 is 1.29 bits per heavy atom. The average Bonchev–Trinajstić information content (AvgIpc) is 2.16. The van der Waals surface area contributed by atoms with Crippen LogP contribution in [-0.2, 0) is 9.59 Å². The van der Waals surface area contributed by atoms with Gasteiger partial charge in [-0.1, -0.05) is 0 Å². The summed E-state index contributed by atoms with van der Waals surface area (Å²) in [6, 6.07) is -1.42. The first-order valence-corrected chi connectivity index (χ1v) is 5.30. The highest BCUT2D eigenvalue weighted by molar-refractivity contribution is 5.89. The molecular weight excluding hydrogens is 226 g/mol. The molecule has 0 saturated carbocycles. The highest BCUT2D eigenvalue weighted by Gasteiger charge is 2.29. The molecule has 0 aliphatic carbocycles. The molecule has 7 heteroatoms. The van der Waals surface area contributed by atoms with Gasteiger partial charge in [-0.15, -0.1) is 0 Å². The van der Waals surface area contributed by atoms with E-state index in [9.17, 15) is 14.4 Å². The molecule has 0 aromatic rings. The number of hydrogen-bond donors (Lipinski definition) is 4. The van der Waals surface area contributed by atoms with E-state index in [1.165, 1.54) is 20.8 Å². The molecule has 17 heavy (non-hydrogen) atoms. The summed E-state index contributed by atoms with van der Waals surface area (Å²) in [5.74, 6) is -1.48. The van der Waals surface area contributed by atoms with Crippen molar-refractivity contribution in [1.29, 1.82) is 0 Å². The van der Waals surface area contributed by atoms with Gasteiger partial charge in [-0.05, 0) is 27.7 Å². The first kappa shape index (κ1) is 15.2. The Kier molecular flexibility index (Phi) is 5.43. The molecule has 0 rings (SSSR count). The lowest BCUT2D eigenvalue weighted by Crippen LogP contribution is -2.56. The molecule has 1 unspecified atom stereocenters. The van der Waals surface area contributed by atoms with Crippen LogP contribution in [-0.4, -0.2) is 41.1 Å². The number of aliphatic carboxylic acids is 1. The van der Waals surface area contributed by atoms with Crippen molar-refractivity contribution >= 4 is 17.9 Å². The Labute approximate surface area is 100.0 Å². The van der Waals surface area contributed by atoms with E-state index >= 15 is 0 Å². The lowest BCUT2D eigenvalue weighted by molar-refractivity contribution is -0.142. The van der Waals surface area contributed by atoms with Gasteiger partial charge in [0.2, 0.25) is 5.91 Å². The average molecular weight is 245 g/mol. The van der Waals surface area contributed by atoms with Crippen molar-refractivity contribution in [2.75, 3.05) is 6.54 Å². The van der Waals surface area contributed by atoms with Crippen LogP contribution in [0.2, 0.25) is 0 Å². The summed E-state index contributed by atoms with van der Waals surface area (Å²) >= 11 is 0. The number of carboxylic acid groups (broad SMARTS) is 1. The van der Waals surface area contributed by atoms with Crippen molar-refractivity contribution in [3.63, 3.8) is 0 Å². The Bertz CT molecular complexity index is 315. The van der Waals surface area contributed by atoms with Crippen molar-refractivity contribution in [2.24, 2.45) is 0 Å². The Morgan fingerprint density at radius 2 is 1.82 bits per heavy atom. The first-order chi connectivity index (χ1) is 7.70. The van der Waals surface area contributed by atoms with Gasteiger partial charge in [-0.3, -0.25) is 4.79 Å². The van der Waals surface area contributed by atoms with Gasteiger partial charge in [0.25, 0.3) is 0 Å². The second-order valence-electron chi connectivity index (χ2n) is 4.14. The van der Waals surface area contributed by atoms with Crippen molar-refractivity contribution < 1.29 is 19.5 Å². The zero-order valence-corrected chi connectivity index (χ0v) is 10.5. The minimum atomic E-state index is -1.38. The molecule has 0 aromatic carbocycles. The molecule has 0 fully saturated rings. The Hall–Kier alpha value is -1.79. The number of carboxylic acids is 1. The van der Waals surface area contributed by atoms with Crippen LogP contribution in [0.3, 0.4) is 0 Å². The summed E-state index contributed by atoms with van der Waals surface area (Å²) in [5.41, 5.74) is -1.38. The molecule has 0 aromatic heterocycles. The lowest BCUT2D eigenvalue weighted by Gasteiger charge is -2.22. The second kappa shape index (κ2) is 6.07. The number of amides is 3. The zero-order chi connectivity index (χ0) is 13.6. The SMILES string of the molecule is CCNC(=O)C(C)NC(=O)NC(C)(C)C(=O)O. The van der Waals surface area contributed by atoms with Crippen molar-refractivity contribution in [3.05, 3.63) is 0 Å². The summed E-state index contributed by atoms with van der Waals surface area (Å²) in [5, 5.41) is 15.9. The van der Waals surface area contributed by atoms with Gasteiger partial charge < -0.3 is 21.1 Å². The van der Waals surface area contributed by atoms with Gasteiger partial charge >= 0.3 is 12.0 Å². The van der Waals surface area contributed by atoms with Crippen LogP contribution in [0.15, 0.2) is 0 Å². The predicted molar refractivity (Wildman–Crippen MR) is 61.5 cm³/mol. The fraction of sp³-hybridized carbons (Fsp3) is 0.700. The van der Waals surface area contributed by atoms with Crippen LogP contribution in [0.25, 0.3) is 0 Å². The lowest BCUT2D eigenvalue weighted by atomic mass is 10.1. The van der Waals surface area contributed by atoms with E-state index in [2.05, 4.69) is 16.0 Å². The van der Waals surface area contributed by atoms with Crippen LogP contribution in [0.4, 0.5) is 4.79 Å². The molecule has 3 amide bonds. The standard InChI is InChI=1S/C10H19N3O4/c1-5-11-7(14)6(2)12-9(17)13-10(3,4)8(15)16/h6H,5H2,1-4H3,(H,11,14)(H,15,16)(H2,12,13,17). The smallest absolute Gasteiger partial charge is 0.328 e. The van der Waals surface area contributed by atoms with E-state index in [0.717, 1.165) is 0 Å². The number of carbonyl (C=O) groups is 3. The molecule has 0 bridgehead atoms. The van der Waals surface area contributed by atoms with Crippen LogP contribution in [0, 0.1) is 0 Å². The van der Waals surface area contributed by atoms with E-state index in [-0.39, 0.29) is 5.91 Å². The fourth-order valence-corrected chi connectivity index (χ4v) is 0.963. The summed E-state index contributed by atoms with van der Waals surface area (Å²) in [6.45, 7) is 6.45. The van der Waals surface area contributed by atoms with Gasteiger partial charge in [-0.2, -0.15) is 0 Å². The molecule has 98 valence electrons. The van der Waals surface area contributed by atoms with Gasteiger partial charge in [0.15, 0.2) is 0 Å². The van der Waals surface area contributed by atoms with E-state index in [1.807, 2.05) is 0 Å². The van der Waals surface area contributed by atoms with Crippen molar-refractivity contribution in [3.8, 4) is 0 Å². The molecule has 4 N–H and O–H groups in total. The highest BCUT2D eigenvalue weighted by atomic mass is 16.4. The molecule has 0 aliphatic rings. The van der Waals surface area contributed by atoms with E-state index in [0.29, 0.717) is 6.54 Å². The predicted octanol–water partition coefficient (Wildman–Crippen LogP) is -0.327. The Balaban J connectivity index is 4.28. The summed E-state index contributed by atoms with van der Waals surface area (Å²) in [7, 11) is 0. The third kappa shape index (κ3) is 5.19. The minimum Gasteiger partial charge on any atom is -0.480 e. The van der Waals surface area contributed by atoms with Crippen LogP contribution < -0.4 is 16.0 Å². The quantitative estimate of drug-likeness (QED) is 0.532. The number of carbonyl (C=O) groups excluding carboxylic acids is 2. The third-order valence-electron chi connectivity index (χ3n) is 2.05. The van der Waals surface area contributed by atoms with Gasteiger partial charge in [0, 0.05) is 6.54 Å². The maximum absolute atomic E-state index is 11.4. The van der Waals surface area contributed by atoms with Crippen LogP contribution >= 0.6 is 0 Å². The normalized spacial score (nSPS) is 12.5. The molecule has 0 spiro atoms. The minimum absolute atomic E-state index is 0.323. The molecule has 0 aliphatic heterocycles. The number of rotatable bonds is 5. The molecule has 7 nitrogen and oxygen atoms in total. The monoisotopic (exact) mass is 245 g/mol. The van der Waals surface area contributed by atoms with Crippen LogP contribution in [0.1, 0.15) is 27.7 Å². The van der Waals surface area contributed by atoms with E-state index < -0.39 is 23.6 Å². The maximum atomic E-state index is 11.4. The van der Waals surface area contributed by atoms with E-state index in [1.54, 1.807) is 6.92 Å². The molecular formula is C10H19N3O4. The zero-order valence-electron chi connectivity index (χ0n) is 10.5. The molecule has 1 atom stereocenters. The fourth-order valence-electron chi connectivity index (χ4n) is 0.963. The third-order valence-corrected chi connectivity index (χ3v) is 2.05. The molecule has 0 heterocycles. The summed E-state index contributed by atoms with van der Waals surface area (Å²) in [4.78, 5) is 33.5. The summed E-state index contributed by atoms with van der Waals surface area (Å²) < 4.78 is 0. The highest BCUT2D eigenvalue weighted by Crippen LogP contribution is 2.01. The largest absolute Gasteiger partial charge is 0.480 e. The van der Waals surface area contributed by atoms with Crippen LogP contribution in [0.5, 0.6) is 0 Å². The topological polar surface area (TPSA) is 108 Å². The second-order valence-corrected chi connectivity index (χ2v) is 4.14. The Morgan fingerprint density at radius 3 is 2.24 bits per heavy atom. The van der Waals surface area contributed by atoms with Gasteiger partial charge in [-0.25, -0.2) is 9.59 Å². The number of urea groups is 1. The van der Waals surface area contributed by atoms with Crippen molar-refractivity contribution in [2.45, 2.75) is 39.3 Å². The molecule has 0 saturated heterocycles. The first-order valence-electron chi connectivity index (χ1n) is 5.30. The number of nitrogens with one attached hydrogen (secondary N) is 3. The number of likely N-dealkylation sites (N-methyl/N-ethyl adjacent to an activating group) is 1. The van der Waals surface area contributed by atoms with Crippen molar-refractivity contribution in [1.82, 2.24) is 16.0 Å². The summed E-state index contributed by atoms with van der Waals surface area (Å²) in [6.07, 6.45) is 0. The number of hydrogen-bond acceptors (Lipinski definition) is 3. The van der Waals surface area contributed by atoms with Gasteiger partial charge in [0.05, 0.1) is 0 Å². The maximum Gasteiger partial charge on any atom is 0.328 e. The van der Waals surface area contributed by atoms with E-state index in [4.69, 9.17) is 5.11 Å². The van der Waals surface area contributed by atoms with Gasteiger partial charge in [0.1, 0.15) is 11.6 Å².